The Labute approximate surface area is 129 Å². The fourth-order valence-electron chi connectivity index (χ4n) is 3.10. The zero-order valence-electron chi connectivity index (χ0n) is 12.2. The second kappa shape index (κ2) is 5.35. The molecule has 1 aromatic heterocycles. The molecule has 4 heteroatoms. The molecule has 0 bridgehead atoms. The Morgan fingerprint density at radius 1 is 1.38 bits per heavy atom. The highest BCUT2D eigenvalue weighted by atomic mass is 32.2. The number of fused-ring (bicyclic) bond motifs is 1. The zero-order chi connectivity index (χ0) is 14.2. The van der Waals surface area contributed by atoms with Crippen molar-refractivity contribution in [3.8, 4) is 0 Å². The highest BCUT2D eigenvalue weighted by Crippen LogP contribution is 2.35. The van der Waals surface area contributed by atoms with Crippen LogP contribution in [0.3, 0.4) is 0 Å². The smallest absolute Gasteiger partial charge is 0.0559 e. The lowest BCUT2D eigenvalue weighted by Crippen LogP contribution is -2.23. The monoisotopic (exact) mass is 297 g/mol. The van der Waals surface area contributed by atoms with E-state index >= 15 is 0 Å². The maximum atomic E-state index is 4.34. The maximum absolute atomic E-state index is 4.34. The van der Waals surface area contributed by atoms with Crippen LogP contribution in [-0.4, -0.2) is 42.1 Å². The number of H-pyrrole nitrogens is 1. The van der Waals surface area contributed by atoms with Crippen LogP contribution in [0, 0.1) is 0 Å². The number of hydrogen-bond acceptors (Lipinski definition) is 3. The highest BCUT2D eigenvalue weighted by Gasteiger charge is 2.18. The van der Waals surface area contributed by atoms with E-state index in [-0.39, 0.29) is 0 Å². The van der Waals surface area contributed by atoms with E-state index in [0.29, 0.717) is 5.25 Å². The van der Waals surface area contributed by atoms with E-state index in [2.05, 4.69) is 52.4 Å². The normalized spacial score (nSPS) is 22.9. The summed E-state index contributed by atoms with van der Waals surface area (Å²) in [6.07, 6.45) is 5.67. The second-order valence-electron chi connectivity index (χ2n) is 5.84. The van der Waals surface area contributed by atoms with E-state index in [1.165, 1.54) is 27.6 Å². The molecule has 0 aliphatic carbocycles. The molecule has 2 aliphatic heterocycles. The number of aromatic amines is 1. The van der Waals surface area contributed by atoms with Gasteiger partial charge in [0.2, 0.25) is 0 Å². The van der Waals surface area contributed by atoms with Crippen LogP contribution < -0.4 is 0 Å². The molecule has 0 amide bonds. The Bertz CT molecular complexity index is 721. The summed E-state index contributed by atoms with van der Waals surface area (Å²) in [7, 11) is 2.18. The maximum Gasteiger partial charge on any atom is 0.0559 e. The quantitative estimate of drug-likeness (QED) is 0.916. The third-order valence-electron chi connectivity index (χ3n) is 4.41. The molecule has 4 rings (SSSR count). The minimum Gasteiger partial charge on any atom is -0.361 e. The summed E-state index contributed by atoms with van der Waals surface area (Å²) in [6.45, 7) is 3.10. The fourth-order valence-corrected chi connectivity index (χ4v) is 3.90. The van der Waals surface area contributed by atoms with Crippen LogP contribution in [-0.2, 0) is 0 Å². The largest absolute Gasteiger partial charge is 0.361 e. The molecule has 2 aromatic rings. The lowest BCUT2D eigenvalue weighted by molar-refractivity contribution is 0.370. The molecule has 1 N–H and O–H groups in total. The lowest BCUT2D eigenvalue weighted by atomic mass is 9.97. The van der Waals surface area contributed by atoms with Gasteiger partial charge in [-0.1, -0.05) is 12.1 Å². The van der Waals surface area contributed by atoms with E-state index in [4.69, 9.17) is 0 Å². The van der Waals surface area contributed by atoms with Gasteiger partial charge in [0, 0.05) is 35.8 Å². The van der Waals surface area contributed by atoms with Crippen LogP contribution in [0.5, 0.6) is 0 Å². The van der Waals surface area contributed by atoms with Crippen molar-refractivity contribution >= 4 is 33.8 Å². The first-order valence-corrected chi connectivity index (χ1v) is 8.38. The summed E-state index contributed by atoms with van der Waals surface area (Å²) in [5.74, 6) is 0. The van der Waals surface area contributed by atoms with Gasteiger partial charge in [0.1, 0.15) is 0 Å². The molecular formula is C17H19N3S. The van der Waals surface area contributed by atoms with Crippen LogP contribution in [0.25, 0.3) is 16.5 Å². The molecule has 1 atom stereocenters. The van der Waals surface area contributed by atoms with E-state index in [9.17, 15) is 0 Å². The average Bonchev–Trinajstić information content (AvgIpc) is 3.17. The Morgan fingerprint density at radius 3 is 3.10 bits per heavy atom. The first kappa shape index (κ1) is 13.2. The van der Waals surface area contributed by atoms with Crippen molar-refractivity contribution in [3.63, 3.8) is 0 Å². The van der Waals surface area contributed by atoms with Crippen molar-refractivity contribution in [1.29, 1.82) is 0 Å². The second-order valence-corrected chi connectivity index (χ2v) is 6.90. The Kier molecular flexibility index (Phi) is 3.36. The van der Waals surface area contributed by atoms with Gasteiger partial charge in [0.25, 0.3) is 0 Å². The van der Waals surface area contributed by atoms with Crippen molar-refractivity contribution in [2.24, 2.45) is 4.99 Å². The number of thioether (sulfide) groups is 1. The Balaban J connectivity index is 1.74. The van der Waals surface area contributed by atoms with Gasteiger partial charge in [-0.05, 0) is 36.7 Å². The summed E-state index contributed by atoms with van der Waals surface area (Å²) in [6, 6.07) is 6.80. The van der Waals surface area contributed by atoms with Gasteiger partial charge in [-0.2, -0.15) is 0 Å². The van der Waals surface area contributed by atoms with Gasteiger partial charge in [-0.25, -0.2) is 0 Å². The predicted molar refractivity (Wildman–Crippen MR) is 92.1 cm³/mol. The standard InChI is InChI=1S/C17H19N3S/c1-20-6-4-12(5-7-20)15-9-19-16-3-2-13(8-14(15)16)17-10-18-11-21-17/h2-4,8-9,11,17,19H,5-7,10H2,1H3. The summed E-state index contributed by atoms with van der Waals surface area (Å²) in [5.41, 5.74) is 7.46. The van der Waals surface area contributed by atoms with Crippen molar-refractivity contribution in [1.82, 2.24) is 9.88 Å². The van der Waals surface area contributed by atoms with E-state index in [0.717, 1.165) is 26.1 Å². The molecule has 0 radical (unpaired) electrons. The topological polar surface area (TPSA) is 31.4 Å². The van der Waals surface area contributed by atoms with Gasteiger partial charge in [0.05, 0.1) is 17.3 Å². The highest BCUT2D eigenvalue weighted by molar-refractivity contribution is 8.12. The molecule has 0 spiro atoms. The van der Waals surface area contributed by atoms with Crippen LogP contribution in [0.4, 0.5) is 0 Å². The number of benzene rings is 1. The minimum absolute atomic E-state index is 0.489. The molecule has 3 nitrogen and oxygen atoms in total. The lowest BCUT2D eigenvalue weighted by Gasteiger charge is -2.21. The van der Waals surface area contributed by atoms with Gasteiger partial charge in [0.15, 0.2) is 0 Å². The number of rotatable bonds is 2. The molecule has 0 saturated heterocycles. The molecule has 0 fully saturated rings. The van der Waals surface area contributed by atoms with E-state index < -0.39 is 0 Å². The van der Waals surface area contributed by atoms with Crippen LogP contribution in [0.1, 0.15) is 22.8 Å². The van der Waals surface area contributed by atoms with Crippen LogP contribution in [0.2, 0.25) is 0 Å². The Hall–Kier alpha value is -1.52. The van der Waals surface area contributed by atoms with Gasteiger partial charge < -0.3 is 9.88 Å². The first-order chi connectivity index (χ1) is 10.3. The molecule has 2 aliphatic rings. The van der Waals surface area contributed by atoms with E-state index in [1.807, 2.05) is 17.3 Å². The van der Waals surface area contributed by atoms with Gasteiger partial charge in [-0.3, -0.25) is 4.99 Å². The van der Waals surface area contributed by atoms with Crippen molar-refractivity contribution in [3.05, 3.63) is 41.6 Å². The van der Waals surface area contributed by atoms with Gasteiger partial charge >= 0.3 is 0 Å². The van der Waals surface area contributed by atoms with Crippen molar-refractivity contribution < 1.29 is 0 Å². The first-order valence-electron chi connectivity index (χ1n) is 7.44. The number of nitrogens with one attached hydrogen (secondary N) is 1. The van der Waals surface area contributed by atoms with Crippen LogP contribution >= 0.6 is 11.8 Å². The average molecular weight is 297 g/mol. The third-order valence-corrected chi connectivity index (χ3v) is 5.43. The summed E-state index contributed by atoms with van der Waals surface area (Å²) >= 11 is 1.83. The van der Waals surface area contributed by atoms with Crippen molar-refractivity contribution in [2.75, 3.05) is 26.7 Å². The summed E-state index contributed by atoms with van der Waals surface area (Å²) < 4.78 is 0. The molecule has 108 valence electrons. The SMILES string of the molecule is CN1CC=C(c2c[nH]c3ccc(C4CN=CS4)cc23)CC1. The number of nitrogens with zero attached hydrogens (tertiary/aromatic N) is 2. The van der Waals surface area contributed by atoms with Crippen molar-refractivity contribution in [2.45, 2.75) is 11.7 Å². The summed E-state index contributed by atoms with van der Waals surface area (Å²) in [4.78, 5) is 10.1. The molecular weight excluding hydrogens is 278 g/mol. The molecule has 1 aromatic carbocycles. The molecule has 0 saturated carbocycles. The number of aromatic nitrogens is 1. The van der Waals surface area contributed by atoms with E-state index in [1.54, 1.807) is 0 Å². The summed E-state index contributed by atoms with van der Waals surface area (Å²) in [5, 5.41) is 1.85. The number of aliphatic imine (C=N–C) groups is 1. The zero-order valence-corrected chi connectivity index (χ0v) is 13.0. The number of hydrogen-bond donors (Lipinski definition) is 1. The molecule has 3 heterocycles. The molecule has 1 unspecified atom stereocenters. The number of likely N-dealkylation sites (N-methyl/N-ethyl adjacent to an activating group) is 1. The van der Waals surface area contributed by atoms with Crippen LogP contribution in [0.15, 0.2) is 35.5 Å². The van der Waals surface area contributed by atoms with Gasteiger partial charge in [-0.15, -0.1) is 11.8 Å². The Morgan fingerprint density at radius 2 is 2.33 bits per heavy atom. The fraction of sp³-hybridized carbons (Fsp3) is 0.353. The minimum atomic E-state index is 0.489. The predicted octanol–water partition coefficient (Wildman–Crippen LogP) is 3.70. The third kappa shape index (κ3) is 2.43. The molecule has 21 heavy (non-hydrogen) atoms.